The summed E-state index contributed by atoms with van der Waals surface area (Å²) >= 11 is 0. The van der Waals surface area contributed by atoms with Gasteiger partial charge in [0.2, 0.25) is 0 Å². The molecule has 1 rings (SSSR count). The van der Waals surface area contributed by atoms with E-state index in [0.29, 0.717) is 17.7 Å². The number of nitrogens with zero attached hydrogens (tertiary/aromatic N) is 3. The van der Waals surface area contributed by atoms with E-state index in [1.54, 1.807) is 20.2 Å². The predicted octanol–water partition coefficient (Wildman–Crippen LogP) is 1.78. The molecule has 112 valence electrons. The highest BCUT2D eigenvalue weighted by Gasteiger charge is 2.16. The van der Waals surface area contributed by atoms with Crippen LogP contribution in [0.15, 0.2) is 18.2 Å². The molecule has 0 unspecified atom stereocenters. The van der Waals surface area contributed by atoms with E-state index >= 15 is 0 Å². The Kier molecular flexibility index (Phi) is 5.95. The fourth-order valence-corrected chi connectivity index (χ4v) is 2.11. The van der Waals surface area contributed by atoms with Crippen molar-refractivity contribution in [3.8, 4) is 0 Å². The van der Waals surface area contributed by atoms with Crippen LogP contribution in [0.2, 0.25) is 0 Å². The summed E-state index contributed by atoms with van der Waals surface area (Å²) in [6, 6.07) is 5.90. The van der Waals surface area contributed by atoms with Crippen molar-refractivity contribution in [2.24, 2.45) is 5.92 Å². The molecule has 0 saturated carbocycles. The maximum absolute atomic E-state index is 11.9. The smallest absolute Gasteiger partial charge is 0.272 e. The number of carbonyl (C=O) groups excluding carboxylic acids is 1. The van der Waals surface area contributed by atoms with Gasteiger partial charge >= 0.3 is 0 Å². The minimum atomic E-state index is -0.0818. The number of amides is 1. The third-order valence-corrected chi connectivity index (χ3v) is 3.30. The van der Waals surface area contributed by atoms with Gasteiger partial charge in [0, 0.05) is 26.7 Å². The molecule has 1 amide bonds. The monoisotopic (exact) mass is 278 g/mol. The number of hydrogen-bond acceptors (Lipinski definition) is 4. The maximum atomic E-state index is 11.9. The number of pyridine rings is 1. The highest BCUT2D eigenvalue weighted by Crippen LogP contribution is 2.11. The summed E-state index contributed by atoms with van der Waals surface area (Å²) in [6.45, 7) is 5.20. The third-order valence-electron chi connectivity index (χ3n) is 3.30. The zero-order chi connectivity index (χ0) is 15.3. The largest absolute Gasteiger partial charge is 0.368 e. The van der Waals surface area contributed by atoms with Crippen molar-refractivity contribution >= 4 is 11.7 Å². The number of likely N-dealkylation sites (N-methyl/N-ethyl adjacent to an activating group) is 1. The van der Waals surface area contributed by atoms with Crippen LogP contribution in [0.1, 0.15) is 24.3 Å². The van der Waals surface area contributed by atoms with Crippen LogP contribution >= 0.6 is 0 Å². The SMILES string of the molecule is CC(C)[C@H](CNc1cccc(C(=O)N(C)C)n1)N(C)C. The van der Waals surface area contributed by atoms with E-state index in [2.05, 4.69) is 43.1 Å². The first-order valence-corrected chi connectivity index (χ1v) is 6.92. The summed E-state index contributed by atoms with van der Waals surface area (Å²) in [5, 5.41) is 3.32. The van der Waals surface area contributed by atoms with Crippen LogP contribution in [0.5, 0.6) is 0 Å². The molecule has 0 aromatic carbocycles. The van der Waals surface area contributed by atoms with Crippen LogP contribution in [-0.4, -0.2) is 61.5 Å². The van der Waals surface area contributed by atoms with E-state index in [9.17, 15) is 4.79 Å². The van der Waals surface area contributed by atoms with Crippen molar-refractivity contribution in [2.45, 2.75) is 19.9 Å². The molecule has 20 heavy (non-hydrogen) atoms. The fourth-order valence-electron chi connectivity index (χ4n) is 2.11. The van der Waals surface area contributed by atoms with E-state index in [4.69, 9.17) is 0 Å². The van der Waals surface area contributed by atoms with Crippen molar-refractivity contribution in [3.63, 3.8) is 0 Å². The van der Waals surface area contributed by atoms with Gasteiger partial charge in [-0.1, -0.05) is 19.9 Å². The number of rotatable bonds is 6. The number of anilines is 1. The molecule has 5 heteroatoms. The van der Waals surface area contributed by atoms with E-state index in [-0.39, 0.29) is 5.91 Å². The molecule has 0 aliphatic heterocycles. The predicted molar refractivity (Wildman–Crippen MR) is 83.1 cm³/mol. The van der Waals surface area contributed by atoms with Crippen LogP contribution in [0.25, 0.3) is 0 Å². The molecule has 0 aliphatic carbocycles. The second kappa shape index (κ2) is 7.24. The standard InChI is InChI=1S/C15H26N4O/c1-11(2)13(18(3)4)10-16-14-9-7-8-12(17-14)15(20)19(5)6/h7-9,11,13H,10H2,1-6H3,(H,16,17)/t13-/m0/s1. The summed E-state index contributed by atoms with van der Waals surface area (Å²) in [4.78, 5) is 20.0. The normalized spacial score (nSPS) is 12.6. The molecule has 5 nitrogen and oxygen atoms in total. The summed E-state index contributed by atoms with van der Waals surface area (Å²) in [5.74, 6) is 1.20. The van der Waals surface area contributed by atoms with Crippen molar-refractivity contribution in [1.82, 2.24) is 14.8 Å². The first-order chi connectivity index (χ1) is 9.32. The molecule has 1 aromatic heterocycles. The van der Waals surface area contributed by atoms with Gasteiger partial charge in [-0.05, 0) is 32.1 Å². The molecular formula is C15H26N4O. The van der Waals surface area contributed by atoms with Crippen molar-refractivity contribution in [1.29, 1.82) is 0 Å². The van der Waals surface area contributed by atoms with E-state index in [0.717, 1.165) is 12.4 Å². The lowest BCUT2D eigenvalue weighted by Gasteiger charge is -2.28. The highest BCUT2D eigenvalue weighted by molar-refractivity contribution is 5.92. The molecule has 0 aliphatic rings. The number of carbonyl (C=O) groups is 1. The van der Waals surface area contributed by atoms with Crippen LogP contribution in [0.3, 0.4) is 0 Å². The van der Waals surface area contributed by atoms with Gasteiger partial charge in [0.05, 0.1) is 0 Å². The van der Waals surface area contributed by atoms with E-state index in [1.807, 2.05) is 12.1 Å². The molecule has 1 N–H and O–H groups in total. The van der Waals surface area contributed by atoms with Gasteiger partial charge in [0.15, 0.2) is 0 Å². The Labute approximate surface area is 122 Å². The Hall–Kier alpha value is -1.62. The molecule has 1 aromatic rings. The average Bonchev–Trinajstić information content (AvgIpc) is 2.37. The van der Waals surface area contributed by atoms with Crippen LogP contribution in [-0.2, 0) is 0 Å². The van der Waals surface area contributed by atoms with Gasteiger partial charge in [-0.15, -0.1) is 0 Å². The Balaban J connectivity index is 2.74. The summed E-state index contributed by atoms with van der Waals surface area (Å²) in [5.41, 5.74) is 0.464. The van der Waals surface area contributed by atoms with Gasteiger partial charge in [0.25, 0.3) is 5.91 Å². The Bertz CT molecular complexity index is 435. The third kappa shape index (κ3) is 4.49. The fraction of sp³-hybridized carbons (Fsp3) is 0.600. The molecule has 0 spiro atoms. The summed E-state index contributed by atoms with van der Waals surface area (Å²) < 4.78 is 0. The van der Waals surface area contributed by atoms with Gasteiger partial charge in [-0.3, -0.25) is 4.79 Å². The highest BCUT2D eigenvalue weighted by atomic mass is 16.2. The molecule has 0 bridgehead atoms. The van der Waals surface area contributed by atoms with Gasteiger partial charge in [0.1, 0.15) is 11.5 Å². The molecule has 0 saturated heterocycles. The first-order valence-electron chi connectivity index (χ1n) is 6.92. The lowest BCUT2D eigenvalue weighted by atomic mass is 10.0. The number of hydrogen-bond donors (Lipinski definition) is 1. The van der Waals surface area contributed by atoms with Crippen molar-refractivity contribution in [3.05, 3.63) is 23.9 Å². The molecule has 0 radical (unpaired) electrons. The Morgan fingerprint density at radius 3 is 2.40 bits per heavy atom. The number of nitrogens with one attached hydrogen (secondary N) is 1. The van der Waals surface area contributed by atoms with Gasteiger partial charge in [-0.2, -0.15) is 0 Å². The second-order valence-corrected chi connectivity index (χ2v) is 5.76. The number of aromatic nitrogens is 1. The summed E-state index contributed by atoms with van der Waals surface area (Å²) in [7, 11) is 7.60. The van der Waals surface area contributed by atoms with Crippen molar-refractivity contribution in [2.75, 3.05) is 40.1 Å². The molecule has 0 fully saturated rings. The average molecular weight is 278 g/mol. The van der Waals surface area contributed by atoms with Crippen LogP contribution in [0.4, 0.5) is 5.82 Å². The molecule has 1 atom stereocenters. The Morgan fingerprint density at radius 1 is 1.25 bits per heavy atom. The minimum Gasteiger partial charge on any atom is -0.368 e. The summed E-state index contributed by atoms with van der Waals surface area (Å²) in [6.07, 6.45) is 0. The van der Waals surface area contributed by atoms with Gasteiger partial charge in [-0.25, -0.2) is 4.98 Å². The van der Waals surface area contributed by atoms with E-state index < -0.39 is 0 Å². The topological polar surface area (TPSA) is 48.5 Å². The zero-order valence-corrected chi connectivity index (χ0v) is 13.3. The van der Waals surface area contributed by atoms with E-state index in [1.165, 1.54) is 4.90 Å². The Morgan fingerprint density at radius 2 is 1.90 bits per heavy atom. The second-order valence-electron chi connectivity index (χ2n) is 5.76. The maximum Gasteiger partial charge on any atom is 0.272 e. The quantitative estimate of drug-likeness (QED) is 0.862. The zero-order valence-electron chi connectivity index (χ0n) is 13.3. The van der Waals surface area contributed by atoms with Crippen molar-refractivity contribution < 1.29 is 4.79 Å². The lowest BCUT2D eigenvalue weighted by Crippen LogP contribution is -2.38. The van der Waals surface area contributed by atoms with Crippen LogP contribution in [0, 0.1) is 5.92 Å². The first kappa shape index (κ1) is 16.4. The van der Waals surface area contributed by atoms with Crippen LogP contribution < -0.4 is 5.32 Å². The molecular weight excluding hydrogens is 252 g/mol. The molecule has 1 heterocycles. The lowest BCUT2D eigenvalue weighted by molar-refractivity contribution is 0.0822. The minimum absolute atomic E-state index is 0.0818. The van der Waals surface area contributed by atoms with Gasteiger partial charge < -0.3 is 15.1 Å².